The van der Waals surface area contributed by atoms with Crippen molar-refractivity contribution in [3.8, 4) is 0 Å². The van der Waals surface area contributed by atoms with E-state index >= 15 is 0 Å². The Morgan fingerprint density at radius 1 is 1.00 bits per heavy atom. The minimum Gasteiger partial charge on any atom is -0.335 e. The maximum absolute atomic E-state index is 12.1. The number of fused-ring (bicyclic) bond motifs is 1. The molecule has 3 heteroatoms. The lowest BCUT2D eigenvalue weighted by atomic mass is 9.96. The quantitative estimate of drug-likeness (QED) is 0.839. The fraction of sp³-hybridized carbons (Fsp3) is 0.562. The van der Waals surface area contributed by atoms with Crippen molar-refractivity contribution in [3.05, 3.63) is 35.4 Å². The smallest absolute Gasteiger partial charge is 0.315 e. The van der Waals surface area contributed by atoms with Gasteiger partial charge in [0.15, 0.2) is 0 Å². The highest BCUT2D eigenvalue weighted by atomic mass is 16.2. The monoisotopic (exact) mass is 258 g/mol. The van der Waals surface area contributed by atoms with Gasteiger partial charge in [0.05, 0.1) is 6.04 Å². The Morgan fingerprint density at radius 2 is 1.79 bits per heavy atom. The van der Waals surface area contributed by atoms with Gasteiger partial charge in [-0.1, -0.05) is 43.5 Å². The molecule has 1 unspecified atom stereocenters. The number of carbonyl (C=O) groups excluding carboxylic acids is 1. The lowest BCUT2D eigenvalue weighted by molar-refractivity contribution is 0.229. The average Bonchev–Trinajstić information content (AvgIpc) is 2.83. The van der Waals surface area contributed by atoms with Gasteiger partial charge in [-0.2, -0.15) is 0 Å². The van der Waals surface area contributed by atoms with Gasteiger partial charge >= 0.3 is 6.03 Å². The topological polar surface area (TPSA) is 41.1 Å². The zero-order valence-corrected chi connectivity index (χ0v) is 11.3. The number of hydrogen-bond donors (Lipinski definition) is 2. The maximum atomic E-state index is 12.1. The van der Waals surface area contributed by atoms with Crippen LogP contribution in [0.4, 0.5) is 4.79 Å². The molecule has 2 amide bonds. The van der Waals surface area contributed by atoms with Crippen molar-refractivity contribution in [2.45, 2.75) is 57.0 Å². The van der Waals surface area contributed by atoms with E-state index in [0.29, 0.717) is 6.04 Å². The van der Waals surface area contributed by atoms with Gasteiger partial charge in [0.25, 0.3) is 0 Å². The van der Waals surface area contributed by atoms with E-state index in [1.54, 1.807) is 0 Å². The number of urea groups is 1. The summed E-state index contributed by atoms with van der Waals surface area (Å²) >= 11 is 0. The van der Waals surface area contributed by atoms with E-state index in [0.717, 1.165) is 25.7 Å². The lowest BCUT2D eigenvalue weighted by Crippen LogP contribution is -2.43. The van der Waals surface area contributed by atoms with Crippen molar-refractivity contribution in [1.29, 1.82) is 0 Å². The second kappa shape index (κ2) is 5.64. The number of carbonyl (C=O) groups is 1. The fourth-order valence-corrected chi connectivity index (χ4v) is 3.34. The SMILES string of the molecule is O=C(NC1CCCCC1)NC1CCc2ccccc21. The van der Waals surface area contributed by atoms with Crippen LogP contribution in [-0.4, -0.2) is 12.1 Å². The summed E-state index contributed by atoms with van der Waals surface area (Å²) in [5.41, 5.74) is 2.67. The Morgan fingerprint density at radius 3 is 2.63 bits per heavy atom. The zero-order valence-electron chi connectivity index (χ0n) is 11.3. The fourth-order valence-electron chi connectivity index (χ4n) is 3.34. The van der Waals surface area contributed by atoms with Crippen molar-refractivity contribution in [2.75, 3.05) is 0 Å². The molecule has 19 heavy (non-hydrogen) atoms. The van der Waals surface area contributed by atoms with E-state index in [4.69, 9.17) is 0 Å². The molecule has 0 bridgehead atoms. The minimum absolute atomic E-state index is 0.00797. The van der Waals surface area contributed by atoms with Crippen molar-refractivity contribution in [3.63, 3.8) is 0 Å². The first-order valence-corrected chi connectivity index (χ1v) is 7.48. The van der Waals surface area contributed by atoms with Crippen LogP contribution < -0.4 is 10.6 Å². The first-order valence-electron chi connectivity index (χ1n) is 7.48. The summed E-state index contributed by atoms with van der Waals surface area (Å²) in [4.78, 5) is 12.1. The molecule has 1 aromatic rings. The van der Waals surface area contributed by atoms with Gasteiger partial charge in [0.2, 0.25) is 0 Å². The van der Waals surface area contributed by atoms with Crippen molar-refractivity contribution >= 4 is 6.03 Å². The van der Waals surface area contributed by atoms with Crippen LogP contribution in [0.2, 0.25) is 0 Å². The number of hydrogen-bond acceptors (Lipinski definition) is 1. The maximum Gasteiger partial charge on any atom is 0.315 e. The highest BCUT2D eigenvalue weighted by molar-refractivity contribution is 5.75. The van der Waals surface area contributed by atoms with Crippen molar-refractivity contribution in [1.82, 2.24) is 10.6 Å². The number of benzene rings is 1. The van der Waals surface area contributed by atoms with Crippen molar-refractivity contribution in [2.24, 2.45) is 0 Å². The van der Waals surface area contributed by atoms with E-state index in [2.05, 4.69) is 34.9 Å². The Hall–Kier alpha value is -1.51. The zero-order chi connectivity index (χ0) is 13.1. The number of nitrogens with one attached hydrogen (secondary N) is 2. The molecule has 1 saturated carbocycles. The molecule has 1 fully saturated rings. The van der Waals surface area contributed by atoms with Crippen LogP contribution in [0.1, 0.15) is 55.7 Å². The predicted octanol–water partition coefficient (Wildman–Crippen LogP) is 3.31. The predicted molar refractivity (Wildman–Crippen MR) is 76.0 cm³/mol. The third kappa shape index (κ3) is 2.91. The molecule has 0 saturated heterocycles. The van der Waals surface area contributed by atoms with Gasteiger partial charge in [-0.05, 0) is 36.8 Å². The summed E-state index contributed by atoms with van der Waals surface area (Å²) in [6.45, 7) is 0. The molecule has 3 rings (SSSR count). The summed E-state index contributed by atoms with van der Waals surface area (Å²) in [7, 11) is 0. The molecule has 2 aliphatic carbocycles. The normalized spacial score (nSPS) is 22.8. The number of amides is 2. The first kappa shape index (κ1) is 12.5. The Labute approximate surface area is 114 Å². The van der Waals surface area contributed by atoms with Crippen LogP contribution in [0, 0.1) is 0 Å². The summed E-state index contributed by atoms with van der Waals surface area (Å²) in [5, 5.41) is 6.26. The molecule has 2 aliphatic rings. The summed E-state index contributed by atoms with van der Waals surface area (Å²) in [6.07, 6.45) is 8.18. The van der Waals surface area contributed by atoms with Crippen LogP contribution in [0.5, 0.6) is 0 Å². The molecular weight excluding hydrogens is 236 g/mol. The van der Waals surface area contributed by atoms with Crippen LogP contribution in [0.3, 0.4) is 0 Å². The van der Waals surface area contributed by atoms with E-state index in [9.17, 15) is 4.79 Å². The summed E-state index contributed by atoms with van der Waals surface area (Å²) in [6, 6.07) is 9.00. The second-order valence-corrected chi connectivity index (χ2v) is 5.74. The molecule has 3 nitrogen and oxygen atoms in total. The molecule has 0 spiro atoms. The van der Waals surface area contributed by atoms with E-state index in [1.165, 1.54) is 30.4 Å². The number of rotatable bonds is 2. The molecule has 2 N–H and O–H groups in total. The van der Waals surface area contributed by atoms with Gasteiger partial charge in [0, 0.05) is 6.04 Å². The van der Waals surface area contributed by atoms with Gasteiger partial charge in [-0.3, -0.25) is 0 Å². The Bertz CT molecular complexity index is 452. The van der Waals surface area contributed by atoms with Crippen LogP contribution in [0.25, 0.3) is 0 Å². The van der Waals surface area contributed by atoms with Gasteiger partial charge in [-0.15, -0.1) is 0 Å². The van der Waals surface area contributed by atoms with E-state index in [-0.39, 0.29) is 12.1 Å². The molecule has 102 valence electrons. The number of aryl methyl sites for hydroxylation is 1. The molecular formula is C16H22N2O. The van der Waals surface area contributed by atoms with Gasteiger partial charge in [-0.25, -0.2) is 4.79 Å². The molecule has 0 heterocycles. The molecule has 0 aliphatic heterocycles. The largest absolute Gasteiger partial charge is 0.335 e. The lowest BCUT2D eigenvalue weighted by Gasteiger charge is -2.24. The van der Waals surface area contributed by atoms with E-state index in [1.807, 2.05) is 0 Å². The summed E-state index contributed by atoms with van der Waals surface area (Å²) < 4.78 is 0. The second-order valence-electron chi connectivity index (χ2n) is 5.74. The highest BCUT2D eigenvalue weighted by Crippen LogP contribution is 2.30. The Balaban J connectivity index is 1.55. The molecule has 1 atom stereocenters. The van der Waals surface area contributed by atoms with Crippen LogP contribution in [0.15, 0.2) is 24.3 Å². The first-order chi connectivity index (χ1) is 9.33. The third-order valence-corrected chi connectivity index (χ3v) is 4.38. The van der Waals surface area contributed by atoms with Crippen LogP contribution in [-0.2, 0) is 6.42 Å². The van der Waals surface area contributed by atoms with Crippen molar-refractivity contribution < 1.29 is 4.79 Å². The summed E-state index contributed by atoms with van der Waals surface area (Å²) in [5.74, 6) is 0. The molecule has 0 radical (unpaired) electrons. The minimum atomic E-state index is 0.00797. The average molecular weight is 258 g/mol. The van der Waals surface area contributed by atoms with Crippen LogP contribution >= 0.6 is 0 Å². The van der Waals surface area contributed by atoms with Gasteiger partial charge in [0.1, 0.15) is 0 Å². The standard InChI is InChI=1S/C16H22N2O/c19-16(17-13-7-2-1-3-8-13)18-15-11-10-12-6-4-5-9-14(12)15/h4-6,9,13,15H,1-3,7-8,10-11H2,(H2,17,18,19). The van der Waals surface area contributed by atoms with E-state index < -0.39 is 0 Å². The molecule has 1 aromatic carbocycles. The molecule has 0 aromatic heterocycles. The third-order valence-electron chi connectivity index (χ3n) is 4.38. The Kier molecular flexibility index (Phi) is 3.72. The van der Waals surface area contributed by atoms with Gasteiger partial charge < -0.3 is 10.6 Å². The highest BCUT2D eigenvalue weighted by Gasteiger charge is 2.24.